The van der Waals surface area contributed by atoms with Gasteiger partial charge < -0.3 is 5.01 Å². The van der Waals surface area contributed by atoms with E-state index in [0.717, 1.165) is 10.6 Å². The molecule has 0 amide bonds. The number of benzene rings is 1. The van der Waals surface area contributed by atoms with Crippen LogP contribution in [0.2, 0.25) is 0 Å². The van der Waals surface area contributed by atoms with Crippen molar-refractivity contribution < 1.29 is 9.72 Å². The summed E-state index contributed by atoms with van der Waals surface area (Å²) in [5.41, 5.74) is 4.11. The van der Waals surface area contributed by atoms with Gasteiger partial charge in [0, 0.05) is 41.3 Å². The smallest absolute Gasteiger partial charge is 0.271 e. The van der Waals surface area contributed by atoms with Gasteiger partial charge in [-0.05, 0) is 37.9 Å². The molecule has 0 saturated heterocycles. The van der Waals surface area contributed by atoms with E-state index in [9.17, 15) is 14.9 Å². The van der Waals surface area contributed by atoms with Crippen LogP contribution in [0.15, 0.2) is 23.1 Å². The predicted octanol–water partition coefficient (Wildman–Crippen LogP) is 3.34. The van der Waals surface area contributed by atoms with Gasteiger partial charge in [0.15, 0.2) is 0 Å². The maximum Gasteiger partial charge on any atom is 0.271 e. The van der Waals surface area contributed by atoms with Gasteiger partial charge in [-0.2, -0.15) is 0 Å². The lowest BCUT2D eigenvalue weighted by molar-refractivity contribution is -0.384. The molecule has 1 aliphatic rings. The van der Waals surface area contributed by atoms with Crippen molar-refractivity contribution in [2.24, 2.45) is 0 Å². The van der Waals surface area contributed by atoms with Crippen molar-refractivity contribution in [3.05, 3.63) is 28.3 Å². The van der Waals surface area contributed by atoms with E-state index in [2.05, 4.69) is 19.3 Å². The molecule has 0 unspecified atom stereocenters. The molecule has 1 aliphatic heterocycles. The first-order valence-corrected chi connectivity index (χ1v) is 8.15. The summed E-state index contributed by atoms with van der Waals surface area (Å²) in [7, 11) is 0. The molecule has 1 N–H and O–H groups in total. The summed E-state index contributed by atoms with van der Waals surface area (Å²) < 4.78 is -0.0154. The predicted molar refractivity (Wildman–Crippen MR) is 88.5 cm³/mol. The first-order valence-electron chi connectivity index (χ1n) is 6.95. The average molecular weight is 344 g/mol. The van der Waals surface area contributed by atoms with Crippen molar-refractivity contribution in [3.63, 3.8) is 0 Å². The van der Waals surface area contributed by atoms with E-state index in [1.165, 1.54) is 6.07 Å². The first-order chi connectivity index (χ1) is 10.3. The Kier molecular flexibility index (Phi) is 5.31. The zero-order valence-electron chi connectivity index (χ0n) is 12.5. The molecule has 1 heterocycles. The monoisotopic (exact) mass is 343 g/mol. The number of anilines is 1. The Morgan fingerprint density at radius 2 is 2.27 bits per heavy atom. The van der Waals surface area contributed by atoms with Crippen LogP contribution in [-0.4, -0.2) is 28.0 Å². The number of non-ortho nitro benzene ring substituents is 1. The Bertz CT molecular complexity index is 595. The minimum atomic E-state index is -0.394. The summed E-state index contributed by atoms with van der Waals surface area (Å²) in [6.45, 7) is 5.54. The Labute approximate surface area is 138 Å². The highest BCUT2D eigenvalue weighted by Gasteiger charge is 2.32. The van der Waals surface area contributed by atoms with Crippen molar-refractivity contribution in [3.8, 4) is 0 Å². The third-order valence-electron chi connectivity index (χ3n) is 3.22. The molecular formula is C14H18ClN3O3S. The maximum absolute atomic E-state index is 11.0. The summed E-state index contributed by atoms with van der Waals surface area (Å²) >= 11 is 7.03. The molecule has 0 aliphatic carbocycles. The van der Waals surface area contributed by atoms with Crippen molar-refractivity contribution in [2.45, 2.75) is 36.3 Å². The van der Waals surface area contributed by atoms with E-state index < -0.39 is 4.92 Å². The minimum Gasteiger partial charge on any atom is -0.306 e. The van der Waals surface area contributed by atoms with Crippen LogP contribution in [-0.2, 0) is 4.79 Å². The fourth-order valence-corrected chi connectivity index (χ4v) is 3.63. The number of fused-ring (bicyclic) bond motifs is 1. The minimum absolute atomic E-state index is 0.0154. The van der Waals surface area contributed by atoms with Gasteiger partial charge in [-0.15, -0.1) is 11.8 Å². The van der Waals surface area contributed by atoms with Crippen LogP contribution in [0.25, 0.3) is 0 Å². The largest absolute Gasteiger partial charge is 0.306 e. The SMILES string of the molecule is CC1(C)CN(NCCCC(=O)Cl)c2cc([N+](=O)[O-])ccc2S1. The van der Waals surface area contributed by atoms with Crippen LogP contribution in [0.4, 0.5) is 11.4 Å². The van der Waals surface area contributed by atoms with Crippen LogP contribution in [0.3, 0.4) is 0 Å². The average Bonchev–Trinajstić information content (AvgIpc) is 2.41. The molecule has 2 rings (SSSR count). The second-order valence-electron chi connectivity index (χ2n) is 5.72. The fraction of sp³-hybridized carbons (Fsp3) is 0.500. The molecule has 6 nitrogen and oxygen atoms in total. The first kappa shape index (κ1) is 17.1. The number of halogens is 1. The number of thioether (sulfide) groups is 1. The van der Waals surface area contributed by atoms with Crippen LogP contribution < -0.4 is 10.4 Å². The fourth-order valence-electron chi connectivity index (χ4n) is 2.29. The number of nitrogens with one attached hydrogen (secondary N) is 1. The lowest BCUT2D eigenvalue weighted by Gasteiger charge is -2.40. The Morgan fingerprint density at radius 1 is 1.55 bits per heavy atom. The summed E-state index contributed by atoms with van der Waals surface area (Å²) in [6.07, 6.45) is 0.930. The van der Waals surface area contributed by atoms with E-state index in [-0.39, 0.29) is 15.7 Å². The number of hydrogen-bond acceptors (Lipinski definition) is 6. The topological polar surface area (TPSA) is 75.5 Å². The normalized spacial score (nSPS) is 16.2. The summed E-state index contributed by atoms with van der Waals surface area (Å²) in [5, 5.41) is 12.5. The van der Waals surface area contributed by atoms with Crippen LogP contribution in [0.5, 0.6) is 0 Å². The van der Waals surface area contributed by atoms with E-state index in [0.29, 0.717) is 25.9 Å². The second-order valence-corrected chi connectivity index (χ2v) is 7.89. The number of carbonyl (C=O) groups is 1. The molecule has 8 heteroatoms. The Morgan fingerprint density at radius 3 is 2.91 bits per heavy atom. The zero-order chi connectivity index (χ0) is 16.3. The van der Waals surface area contributed by atoms with Gasteiger partial charge in [0.2, 0.25) is 5.24 Å². The highest BCUT2D eigenvalue weighted by atomic mass is 35.5. The highest BCUT2D eigenvalue weighted by molar-refractivity contribution is 8.00. The lowest BCUT2D eigenvalue weighted by atomic mass is 10.1. The van der Waals surface area contributed by atoms with Crippen molar-refractivity contribution >= 4 is 40.0 Å². The van der Waals surface area contributed by atoms with E-state index in [1.807, 2.05) is 5.01 Å². The summed E-state index contributed by atoms with van der Waals surface area (Å²) in [5.74, 6) is 0. The van der Waals surface area contributed by atoms with Gasteiger partial charge in [0.1, 0.15) is 0 Å². The van der Waals surface area contributed by atoms with Gasteiger partial charge >= 0.3 is 0 Å². The summed E-state index contributed by atoms with van der Waals surface area (Å²) in [4.78, 5) is 22.3. The molecule has 1 aromatic rings. The zero-order valence-corrected chi connectivity index (χ0v) is 14.0. The van der Waals surface area contributed by atoms with Gasteiger partial charge in [0.25, 0.3) is 5.69 Å². The molecule has 0 atom stereocenters. The van der Waals surface area contributed by atoms with E-state index >= 15 is 0 Å². The molecule has 0 aromatic heterocycles. The van der Waals surface area contributed by atoms with Crippen LogP contribution >= 0.6 is 23.4 Å². The number of hydrazine groups is 1. The van der Waals surface area contributed by atoms with Gasteiger partial charge in [-0.25, -0.2) is 5.43 Å². The lowest BCUT2D eigenvalue weighted by Crippen LogP contribution is -2.48. The standard InChI is InChI=1S/C14H18ClN3O3S/c1-14(2)9-17(16-7-3-4-13(15)19)11-8-10(18(20)21)5-6-12(11)22-14/h5-6,8,16H,3-4,7,9H2,1-2H3. The molecular weight excluding hydrogens is 326 g/mol. The van der Waals surface area contributed by atoms with Crippen LogP contribution in [0.1, 0.15) is 26.7 Å². The quantitative estimate of drug-likeness (QED) is 0.369. The molecule has 1 aromatic carbocycles. The number of rotatable bonds is 6. The van der Waals surface area contributed by atoms with Crippen molar-refractivity contribution in [2.75, 3.05) is 18.1 Å². The molecule has 0 bridgehead atoms. The molecule has 0 radical (unpaired) electrons. The third kappa shape index (κ3) is 4.34. The maximum atomic E-state index is 11.0. The van der Waals surface area contributed by atoms with E-state index in [4.69, 9.17) is 11.6 Å². The second kappa shape index (κ2) is 6.85. The highest BCUT2D eigenvalue weighted by Crippen LogP contribution is 2.44. The van der Waals surface area contributed by atoms with Gasteiger partial charge in [-0.3, -0.25) is 14.9 Å². The number of nitro groups is 1. The van der Waals surface area contributed by atoms with Gasteiger partial charge in [0.05, 0.1) is 10.6 Å². The number of nitro benzene ring substituents is 1. The Balaban J connectivity index is 2.17. The molecule has 120 valence electrons. The molecule has 0 saturated carbocycles. The molecule has 0 spiro atoms. The Hall–Kier alpha value is -1.31. The third-order valence-corrected chi connectivity index (χ3v) is 4.66. The van der Waals surface area contributed by atoms with Crippen LogP contribution in [0, 0.1) is 10.1 Å². The number of carbonyl (C=O) groups excluding carboxylic acids is 1. The van der Waals surface area contributed by atoms with E-state index in [1.54, 1.807) is 23.9 Å². The van der Waals surface area contributed by atoms with Crippen molar-refractivity contribution in [1.82, 2.24) is 5.43 Å². The van der Waals surface area contributed by atoms with Gasteiger partial charge in [-0.1, -0.05) is 0 Å². The summed E-state index contributed by atoms with van der Waals surface area (Å²) in [6, 6.07) is 4.89. The molecule has 22 heavy (non-hydrogen) atoms. The number of hydrogen-bond donors (Lipinski definition) is 1. The van der Waals surface area contributed by atoms with Crippen molar-refractivity contribution in [1.29, 1.82) is 0 Å². The number of nitrogens with zero attached hydrogens (tertiary/aromatic N) is 2. The molecule has 0 fully saturated rings.